The molecule has 0 unspecified atom stereocenters. The van der Waals surface area contributed by atoms with E-state index in [0.717, 1.165) is 27.5 Å². The van der Waals surface area contributed by atoms with Crippen LogP contribution in [0.4, 0.5) is 0 Å². The number of hydrogen-bond acceptors (Lipinski definition) is 4. The highest BCUT2D eigenvalue weighted by Gasteiger charge is 2.12. The van der Waals surface area contributed by atoms with E-state index in [-0.39, 0.29) is 12.4 Å². The molecule has 0 spiro atoms. The summed E-state index contributed by atoms with van der Waals surface area (Å²) >= 11 is 4.38. The number of ether oxygens (including phenoxy) is 2. The molecule has 0 heterocycles. The van der Waals surface area contributed by atoms with E-state index in [1.54, 1.807) is 14.2 Å². The first-order chi connectivity index (χ1) is 9.67. The molecule has 1 N–H and O–H groups in total. The number of diazo groups is 1. The summed E-state index contributed by atoms with van der Waals surface area (Å²) < 4.78 is 10.7. The van der Waals surface area contributed by atoms with Crippen molar-refractivity contribution < 1.29 is 27.3 Å². The highest BCUT2D eigenvalue weighted by atomic mass is 35.5. The molecule has 0 aliphatic rings. The molecule has 0 bridgehead atoms. The van der Waals surface area contributed by atoms with Crippen LogP contribution in [-0.2, 0) is 0 Å². The molecule has 0 radical (unpaired) electrons. The molecule has 0 aliphatic heterocycles. The summed E-state index contributed by atoms with van der Waals surface area (Å²) in [5, 5.41) is 11.0. The summed E-state index contributed by atoms with van der Waals surface area (Å²) in [5.74, 6) is 1.55. The maximum atomic E-state index is 6.25. The number of rotatable bonds is 3. The normalized spacial score (nSPS) is 8.86. The van der Waals surface area contributed by atoms with Crippen LogP contribution in [0.3, 0.4) is 0 Å². The third-order valence-corrected chi connectivity index (χ3v) is 3.29. The molecule has 0 aliphatic carbocycles. The van der Waals surface area contributed by atoms with Gasteiger partial charge in [-0.05, 0) is 30.2 Å². The van der Waals surface area contributed by atoms with E-state index in [4.69, 9.17) is 20.3 Å². The van der Waals surface area contributed by atoms with Crippen LogP contribution in [-0.4, -0.2) is 14.2 Å². The van der Waals surface area contributed by atoms with Crippen LogP contribution in [0.25, 0.3) is 11.1 Å². The lowest BCUT2D eigenvalue weighted by atomic mass is 9.99. The third-order valence-electron chi connectivity index (χ3n) is 2.94. The molecule has 2 aromatic rings. The minimum Gasteiger partial charge on any atom is -1.00 e. The smallest absolute Gasteiger partial charge is 0.212 e. The molecule has 2 rings (SSSR count). The lowest BCUT2D eigenvalue weighted by molar-refractivity contribution is -0.175. The second kappa shape index (κ2) is 9.11. The van der Waals surface area contributed by atoms with Crippen molar-refractivity contribution in [2.45, 2.75) is 11.8 Å². The Kier molecular flexibility index (Phi) is 8.29. The van der Waals surface area contributed by atoms with Crippen LogP contribution in [0.15, 0.2) is 41.3 Å². The molecule has 0 amide bonds. The first-order valence-corrected chi connectivity index (χ1v) is 6.35. The van der Waals surface area contributed by atoms with Crippen LogP contribution in [0.5, 0.6) is 11.5 Å². The van der Waals surface area contributed by atoms with Crippen molar-refractivity contribution in [1.29, 1.82) is 5.39 Å². The van der Waals surface area contributed by atoms with Gasteiger partial charge in [0.1, 0.15) is 11.5 Å². The Labute approximate surface area is 136 Å². The fourth-order valence-electron chi connectivity index (χ4n) is 1.97. The van der Waals surface area contributed by atoms with Crippen molar-refractivity contribution in [3.05, 3.63) is 42.0 Å². The number of halogens is 1. The molecule has 0 fully saturated rings. The van der Waals surface area contributed by atoms with E-state index in [9.17, 15) is 0 Å². The van der Waals surface area contributed by atoms with E-state index in [1.807, 2.05) is 24.3 Å². The number of nitrogens with one attached hydrogen (secondary N) is 1. The molecule has 0 saturated carbocycles. The Balaban J connectivity index is 0.00000128. The highest BCUT2D eigenvalue weighted by Crippen LogP contribution is 2.38. The van der Waals surface area contributed by atoms with Gasteiger partial charge in [-0.1, -0.05) is 24.3 Å². The van der Waals surface area contributed by atoms with Gasteiger partial charge in [0.2, 0.25) is 5.39 Å². The van der Waals surface area contributed by atoms with Gasteiger partial charge >= 0.3 is 0 Å². The number of benzene rings is 2. The summed E-state index contributed by atoms with van der Waals surface area (Å²) in [5.41, 5.74) is 3.36. The average molecular weight is 325 g/mol. The largest absolute Gasteiger partial charge is 1.00 e. The van der Waals surface area contributed by atoms with Crippen molar-refractivity contribution >= 4 is 12.6 Å². The first kappa shape index (κ1) is 19.1. The molecule has 6 heteroatoms. The lowest BCUT2D eigenvalue weighted by Gasteiger charge is -2.14. The fraction of sp³-hybridized carbons (Fsp3) is 0.200. The van der Waals surface area contributed by atoms with E-state index >= 15 is 0 Å². The molecule has 4 nitrogen and oxygen atoms in total. The van der Waals surface area contributed by atoms with Gasteiger partial charge in [-0.3, -0.25) is 0 Å². The molecule has 0 saturated heterocycles. The number of thiol groups is 1. The Morgan fingerprint density at radius 2 is 1.52 bits per heavy atom. The molecule has 0 aromatic heterocycles. The van der Waals surface area contributed by atoms with Gasteiger partial charge in [0, 0.05) is 10.5 Å². The standard InChI is InChI=1S/C15H16O2S.ClH.N2/c1-10-6-4-5-7-11(10)12-8-14(17-3)15(18)9-13(12)16-2;;1-2/h4-9,18H,1-3H3;1H;. The molecular formula is C15H17ClN2O2S. The van der Waals surface area contributed by atoms with Crippen molar-refractivity contribution in [3.8, 4) is 22.6 Å². The number of methoxy groups -OCH3 is 2. The molecular weight excluding hydrogens is 308 g/mol. The van der Waals surface area contributed by atoms with Crippen LogP contribution in [0, 0.1) is 12.3 Å². The third kappa shape index (κ3) is 4.28. The van der Waals surface area contributed by atoms with Gasteiger partial charge in [0.05, 0.1) is 19.6 Å². The molecule has 112 valence electrons. The monoisotopic (exact) mass is 324 g/mol. The van der Waals surface area contributed by atoms with Gasteiger partial charge < -0.3 is 21.9 Å². The summed E-state index contributed by atoms with van der Waals surface area (Å²) in [4.78, 5) is 0.770. The second-order valence-corrected chi connectivity index (χ2v) is 4.52. The average Bonchev–Trinajstić information content (AvgIpc) is 2.49. The van der Waals surface area contributed by atoms with Gasteiger partial charge in [-0.15, -0.1) is 12.6 Å². The summed E-state index contributed by atoms with van der Waals surface area (Å²) in [6, 6.07) is 12.0. The SMILES string of the molecule is COc1cc(-c2ccccc2C)c(OC)cc1S.N#[NH+].[Cl-]. The molecule has 2 aromatic carbocycles. The summed E-state index contributed by atoms with van der Waals surface area (Å²) in [7, 11) is 3.31. The van der Waals surface area contributed by atoms with Gasteiger partial charge in [0.25, 0.3) is 0 Å². The summed E-state index contributed by atoms with van der Waals surface area (Å²) in [6.07, 6.45) is 0. The van der Waals surface area contributed by atoms with Crippen LogP contribution < -0.4 is 27.3 Å². The molecule has 0 atom stereocenters. The van der Waals surface area contributed by atoms with Gasteiger partial charge in [-0.2, -0.15) is 0 Å². The van der Waals surface area contributed by atoms with Gasteiger partial charge in [0.15, 0.2) is 0 Å². The first-order valence-electron chi connectivity index (χ1n) is 5.90. The highest BCUT2D eigenvalue weighted by molar-refractivity contribution is 7.80. The van der Waals surface area contributed by atoms with E-state index in [0.29, 0.717) is 0 Å². The van der Waals surface area contributed by atoms with Crippen molar-refractivity contribution in [1.82, 2.24) is 0 Å². The number of hydrogen-bond donors (Lipinski definition) is 2. The fourth-order valence-corrected chi connectivity index (χ4v) is 2.24. The summed E-state index contributed by atoms with van der Waals surface area (Å²) in [6.45, 7) is 2.08. The van der Waals surface area contributed by atoms with Crippen LogP contribution >= 0.6 is 12.6 Å². The lowest BCUT2D eigenvalue weighted by Crippen LogP contribution is -3.00. The maximum Gasteiger partial charge on any atom is 0.212 e. The zero-order chi connectivity index (χ0) is 15.1. The minimum atomic E-state index is 0. The van der Waals surface area contributed by atoms with E-state index < -0.39 is 0 Å². The molecule has 21 heavy (non-hydrogen) atoms. The van der Waals surface area contributed by atoms with E-state index in [1.165, 1.54) is 5.56 Å². The Hall–Kier alpha value is -1.90. The predicted molar refractivity (Wildman–Crippen MR) is 79.7 cm³/mol. The Morgan fingerprint density at radius 3 is 2.05 bits per heavy atom. The number of nitrogens with zero attached hydrogens (tertiary/aromatic N) is 1. The zero-order valence-electron chi connectivity index (χ0n) is 12.1. The van der Waals surface area contributed by atoms with Crippen LogP contribution in [0.1, 0.15) is 5.56 Å². The maximum absolute atomic E-state index is 6.25. The zero-order valence-corrected chi connectivity index (χ0v) is 13.7. The Bertz CT molecular complexity index is 618. The van der Waals surface area contributed by atoms with Crippen molar-refractivity contribution in [2.24, 2.45) is 0 Å². The van der Waals surface area contributed by atoms with Crippen molar-refractivity contribution in [3.63, 3.8) is 0 Å². The van der Waals surface area contributed by atoms with Gasteiger partial charge in [-0.25, -0.2) is 0 Å². The topological polar surface area (TPSA) is 66.0 Å². The van der Waals surface area contributed by atoms with E-state index in [2.05, 4.69) is 31.7 Å². The number of aryl methyl sites for hydroxylation is 1. The predicted octanol–water partition coefficient (Wildman–Crippen LogP) is -0.749. The van der Waals surface area contributed by atoms with Crippen molar-refractivity contribution in [2.75, 3.05) is 14.2 Å². The minimum absolute atomic E-state index is 0. The van der Waals surface area contributed by atoms with Crippen LogP contribution in [0.2, 0.25) is 0 Å². The quantitative estimate of drug-likeness (QED) is 0.577. The second-order valence-electron chi connectivity index (χ2n) is 4.04. The Morgan fingerprint density at radius 1 is 0.952 bits per heavy atom.